The number of carbonyl (C=O) groups excluding carboxylic acids is 1. The predicted octanol–water partition coefficient (Wildman–Crippen LogP) is 1.01. The van der Waals surface area contributed by atoms with Crippen molar-refractivity contribution < 1.29 is 4.79 Å². The van der Waals surface area contributed by atoms with E-state index in [0.29, 0.717) is 12.1 Å². The third kappa shape index (κ3) is 3.14. The Morgan fingerprint density at radius 1 is 1.35 bits per heavy atom. The van der Waals surface area contributed by atoms with Crippen LogP contribution in [0.4, 0.5) is 0 Å². The van der Waals surface area contributed by atoms with Gasteiger partial charge in [0.1, 0.15) is 0 Å². The zero-order valence-electron chi connectivity index (χ0n) is 12.2. The second-order valence-electron chi connectivity index (χ2n) is 4.81. The lowest BCUT2D eigenvalue weighted by Crippen LogP contribution is -2.32. The molecule has 0 aromatic carbocycles. The molecule has 0 aliphatic carbocycles. The maximum Gasteiger partial charge on any atom is 0.252 e. The van der Waals surface area contributed by atoms with Crippen LogP contribution in [0, 0.1) is 6.92 Å². The summed E-state index contributed by atoms with van der Waals surface area (Å²) in [5.74, 6) is -0.0963. The Morgan fingerprint density at radius 2 is 2.15 bits per heavy atom. The van der Waals surface area contributed by atoms with E-state index in [-0.39, 0.29) is 5.91 Å². The molecule has 0 atom stereocenters. The zero-order chi connectivity index (χ0) is 14.5. The van der Waals surface area contributed by atoms with Gasteiger partial charge in [-0.25, -0.2) is 4.98 Å². The van der Waals surface area contributed by atoms with Gasteiger partial charge in [-0.15, -0.1) is 0 Å². The van der Waals surface area contributed by atoms with Gasteiger partial charge in [-0.2, -0.15) is 5.10 Å². The number of rotatable bonds is 6. The van der Waals surface area contributed by atoms with Crippen molar-refractivity contribution in [1.29, 1.82) is 0 Å². The minimum atomic E-state index is -0.0963. The first-order valence-electron chi connectivity index (χ1n) is 6.91. The highest BCUT2D eigenvalue weighted by molar-refractivity contribution is 5.97. The Balaban J connectivity index is 2.01. The molecular formula is C14H21N5O. The number of hydrogen-bond donors (Lipinski definition) is 2. The summed E-state index contributed by atoms with van der Waals surface area (Å²) >= 11 is 0. The van der Waals surface area contributed by atoms with Gasteiger partial charge in [0.15, 0.2) is 5.65 Å². The molecule has 0 fully saturated rings. The van der Waals surface area contributed by atoms with Crippen LogP contribution in [0.5, 0.6) is 0 Å². The van der Waals surface area contributed by atoms with Gasteiger partial charge in [-0.3, -0.25) is 9.48 Å². The summed E-state index contributed by atoms with van der Waals surface area (Å²) in [6.45, 7) is 6.39. The van der Waals surface area contributed by atoms with Crippen LogP contribution in [0.2, 0.25) is 0 Å². The normalized spacial score (nSPS) is 10.9. The van der Waals surface area contributed by atoms with Crippen LogP contribution in [-0.4, -0.2) is 40.3 Å². The topological polar surface area (TPSA) is 71.8 Å². The van der Waals surface area contributed by atoms with Crippen LogP contribution in [0.25, 0.3) is 11.0 Å². The molecule has 0 aliphatic rings. The largest absolute Gasteiger partial charge is 0.351 e. The number of carbonyl (C=O) groups is 1. The first kappa shape index (κ1) is 14.5. The summed E-state index contributed by atoms with van der Waals surface area (Å²) in [7, 11) is 1.85. The summed E-state index contributed by atoms with van der Waals surface area (Å²) in [5.41, 5.74) is 2.25. The van der Waals surface area contributed by atoms with Crippen LogP contribution in [-0.2, 0) is 7.05 Å². The van der Waals surface area contributed by atoms with Gasteiger partial charge < -0.3 is 10.6 Å². The Bertz CT molecular complexity index is 605. The Morgan fingerprint density at radius 3 is 2.90 bits per heavy atom. The molecule has 0 saturated carbocycles. The first-order chi connectivity index (χ1) is 9.63. The van der Waals surface area contributed by atoms with Crippen molar-refractivity contribution in [2.75, 3.05) is 19.6 Å². The van der Waals surface area contributed by atoms with Crippen LogP contribution in [0.3, 0.4) is 0 Å². The van der Waals surface area contributed by atoms with Gasteiger partial charge in [0.2, 0.25) is 0 Å². The molecule has 0 saturated heterocycles. The third-order valence-corrected chi connectivity index (χ3v) is 3.14. The molecule has 20 heavy (non-hydrogen) atoms. The van der Waals surface area contributed by atoms with E-state index in [9.17, 15) is 4.79 Å². The molecule has 6 nitrogen and oxygen atoms in total. The highest BCUT2D eigenvalue weighted by atomic mass is 16.1. The van der Waals surface area contributed by atoms with Crippen LogP contribution < -0.4 is 10.6 Å². The second kappa shape index (κ2) is 6.47. The molecule has 0 bridgehead atoms. The minimum absolute atomic E-state index is 0.0963. The minimum Gasteiger partial charge on any atom is -0.351 e. The van der Waals surface area contributed by atoms with Crippen LogP contribution >= 0.6 is 0 Å². The van der Waals surface area contributed by atoms with Crippen molar-refractivity contribution in [2.24, 2.45) is 7.05 Å². The fourth-order valence-corrected chi connectivity index (χ4v) is 2.10. The molecule has 108 valence electrons. The summed E-state index contributed by atoms with van der Waals surface area (Å²) in [6, 6.07) is 1.85. The average Bonchev–Trinajstić information content (AvgIpc) is 2.73. The standard InChI is InChI=1S/C14H21N5O/c1-4-5-15-6-7-16-14(20)11-8-12-10(2)18-19(3)13(12)17-9-11/h8-9,15H,4-7H2,1-3H3,(H,16,20). The number of amides is 1. The average molecular weight is 275 g/mol. The van der Waals surface area contributed by atoms with Gasteiger partial charge in [-0.05, 0) is 26.0 Å². The van der Waals surface area contributed by atoms with Crippen molar-refractivity contribution >= 4 is 16.9 Å². The number of pyridine rings is 1. The van der Waals surface area contributed by atoms with Gasteiger partial charge in [-0.1, -0.05) is 6.92 Å². The molecule has 6 heteroatoms. The van der Waals surface area contributed by atoms with E-state index in [2.05, 4.69) is 27.6 Å². The zero-order valence-corrected chi connectivity index (χ0v) is 12.2. The molecule has 2 aromatic heterocycles. The van der Waals surface area contributed by atoms with Crippen LogP contribution in [0.1, 0.15) is 29.4 Å². The molecular weight excluding hydrogens is 254 g/mol. The highest BCUT2D eigenvalue weighted by Gasteiger charge is 2.11. The second-order valence-corrected chi connectivity index (χ2v) is 4.81. The first-order valence-corrected chi connectivity index (χ1v) is 6.91. The Labute approximate surface area is 118 Å². The molecule has 2 heterocycles. The van der Waals surface area contributed by atoms with Crippen LogP contribution in [0.15, 0.2) is 12.3 Å². The van der Waals surface area contributed by atoms with Crippen molar-refractivity contribution in [3.8, 4) is 0 Å². The summed E-state index contributed by atoms with van der Waals surface area (Å²) in [4.78, 5) is 16.3. The maximum absolute atomic E-state index is 12.0. The third-order valence-electron chi connectivity index (χ3n) is 3.14. The molecule has 2 N–H and O–H groups in total. The number of aromatic nitrogens is 3. The molecule has 1 amide bonds. The summed E-state index contributed by atoms with van der Waals surface area (Å²) < 4.78 is 1.72. The summed E-state index contributed by atoms with van der Waals surface area (Å²) in [5, 5.41) is 11.3. The maximum atomic E-state index is 12.0. The van der Waals surface area contributed by atoms with Gasteiger partial charge >= 0.3 is 0 Å². The summed E-state index contributed by atoms with van der Waals surface area (Å²) in [6.07, 6.45) is 2.69. The quantitative estimate of drug-likeness (QED) is 0.772. The Hall–Kier alpha value is -1.95. The van der Waals surface area contributed by atoms with E-state index >= 15 is 0 Å². The number of nitrogens with zero attached hydrogens (tertiary/aromatic N) is 3. The predicted molar refractivity (Wildman–Crippen MR) is 78.7 cm³/mol. The molecule has 0 aliphatic heterocycles. The lowest BCUT2D eigenvalue weighted by molar-refractivity contribution is 0.0954. The fraction of sp³-hybridized carbons (Fsp3) is 0.500. The number of nitrogens with one attached hydrogen (secondary N) is 2. The lowest BCUT2D eigenvalue weighted by atomic mass is 10.2. The fourth-order valence-electron chi connectivity index (χ4n) is 2.10. The van der Waals surface area contributed by atoms with Gasteiger partial charge in [0, 0.05) is 31.7 Å². The van der Waals surface area contributed by atoms with E-state index in [4.69, 9.17) is 0 Å². The lowest BCUT2D eigenvalue weighted by Gasteiger charge is -2.06. The molecule has 2 rings (SSSR count). The number of fused-ring (bicyclic) bond motifs is 1. The highest BCUT2D eigenvalue weighted by Crippen LogP contribution is 2.16. The van der Waals surface area contributed by atoms with E-state index in [1.165, 1.54) is 0 Å². The van der Waals surface area contributed by atoms with E-state index in [1.54, 1.807) is 10.9 Å². The monoisotopic (exact) mass is 275 g/mol. The Kier molecular flexibility index (Phi) is 4.68. The van der Waals surface area contributed by atoms with Gasteiger partial charge in [0.05, 0.1) is 11.3 Å². The van der Waals surface area contributed by atoms with Crippen molar-refractivity contribution in [1.82, 2.24) is 25.4 Å². The molecule has 0 unspecified atom stereocenters. The van der Waals surface area contributed by atoms with Gasteiger partial charge in [0.25, 0.3) is 5.91 Å². The van der Waals surface area contributed by atoms with E-state index in [0.717, 1.165) is 36.2 Å². The molecule has 0 spiro atoms. The molecule has 0 radical (unpaired) electrons. The van der Waals surface area contributed by atoms with Crippen molar-refractivity contribution in [3.63, 3.8) is 0 Å². The SMILES string of the molecule is CCCNCCNC(=O)c1cnc2c(c1)c(C)nn2C. The molecule has 2 aromatic rings. The number of hydrogen-bond acceptors (Lipinski definition) is 4. The smallest absolute Gasteiger partial charge is 0.252 e. The van der Waals surface area contributed by atoms with E-state index < -0.39 is 0 Å². The van der Waals surface area contributed by atoms with Crippen molar-refractivity contribution in [2.45, 2.75) is 20.3 Å². The van der Waals surface area contributed by atoms with Crippen molar-refractivity contribution in [3.05, 3.63) is 23.5 Å². The number of aryl methyl sites for hydroxylation is 2. The van der Waals surface area contributed by atoms with E-state index in [1.807, 2.05) is 20.0 Å².